The Morgan fingerprint density at radius 2 is 1.93 bits per heavy atom. The number of carbonyl (C=O) groups is 2. The maximum atomic E-state index is 12.7. The zero-order chi connectivity index (χ0) is 20.3. The lowest BCUT2D eigenvalue weighted by molar-refractivity contribution is -0.137. The second-order valence-corrected chi connectivity index (χ2v) is 6.78. The van der Waals surface area contributed by atoms with Gasteiger partial charge in [0.05, 0.1) is 15.8 Å². The van der Waals surface area contributed by atoms with E-state index in [0.29, 0.717) is 16.3 Å². The highest BCUT2D eigenvalue weighted by Gasteiger charge is 2.30. The summed E-state index contributed by atoms with van der Waals surface area (Å²) in [4.78, 5) is 27.4. The van der Waals surface area contributed by atoms with Crippen LogP contribution in [0.25, 0.3) is 10.2 Å². The molecule has 10 heteroatoms. The van der Waals surface area contributed by atoms with Gasteiger partial charge in [0, 0.05) is 12.6 Å². The highest BCUT2D eigenvalue weighted by molar-refractivity contribution is 7.22. The molecule has 0 saturated carbocycles. The molecule has 3 rings (SSSR count). The van der Waals surface area contributed by atoms with Gasteiger partial charge in [-0.05, 0) is 36.4 Å². The maximum absolute atomic E-state index is 12.7. The first-order chi connectivity index (χ1) is 13.2. The number of nitrogens with zero attached hydrogens (tertiary/aromatic N) is 1. The van der Waals surface area contributed by atoms with Crippen LogP contribution < -0.4 is 15.4 Å². The van der Waals surface area contributed by atoms with Crippen molar-refractivity contribution < 1.29 is 27.5 Å². The number of benzene rings is 2. The van der Waals surface area contributed by atoms with E-state index in [4.69, 9.17) is 4.74 Å². The third-order valence-corrected chi connectivity index (χ3v) is 4.42. The Labute approximate surface area is 161 Å². The van der Waals surface area contributed by atoms with Crippen LogP contribution in [0, 0.1) is 0 Å². The zero-order valence-electron chi connectivity index (χ0n) is 14.5. The molecule has 0 atom stereocenters. The first kappa shape index (κ1) is 19.6. The van der Waals surface area contributed by atoms with Crippen molar-refractivity contribution in [1.82, 2.24) is 4.98 Å². The Morgan fingerprint density at radius 3 is 2.64 bits per heavy atom. The monoisotopic (exact) mass is 409 g/mol. The number of thiazole rings is 1. The van der Waals surface area contributed by atoms with Crippen LogP contribution in [0.4, 0.5) is 24.0 Å². The number of nitrogens with one attached hydrogen (secondary N) is 2. The Morgan fingerprint density at radius 1 is 1.14 bits per heavy atom. The SMILES string of the molecule is CC(=O)Nc1ccc2nc(NC(=O)COc3cccc(C(F)(F)F)c3)sc2c1. The van der Waals surface area contributed by atoms with Gasteiger partial charge >= 0.3 is 6.18 Å². The number of rotatable bonds is 5. The van der Waals surface area contributed by atoms with E-state index in [1.54, 1.807) is 18.2 Å². The molecular weight excluding hydrogens is 395 g/mol. The fourth-order valence-corrected chi connectivity index (χ4v) is 3.25. The smallest absolute Gasteiger partial charge is 0.416 e. The first-order valence-corrected chi connectivity index (χ1v) is 8.80. The third kappa shape index (κ3) is 4.97. The molecule has 0 aliphatic heterocycles. The normalized spacial score (nSPS) is 11.3. The topological polar surface area (TPSA) is 80.3 Å². The van der Waals surface area contributed by atoms with Crippen LogP contribution >= 0.6 is 11.3 Å². The molecule has 2 N–H and O–H groups in total. The van der Waals surface area contributed by atoms with E-state index >= 15 is 0 Å². The number of ether oxygens (including phenoxy) is 1. The number of hydrogen-bond acceptors (Lipinski definition) is 5. The molecule has 0 aliphatic carbocycles. The van der Waals surface area contributed by atoms with E-state index in [0.717, 1.165) is 16.8 Å². The Balaban J connectivity index is 1.62. The molecule has 28 heavy (non-hydrogen) atoms. The van der Waals surface area contributed by atoms with Crippen molar-refractivity contribution >= 4 is 44.2 Å². The lowest BCUT2D eigenvalue weighted by Crippen LogP contribution is -2.20. The van der Waals surface area contributed by atoms with Crippen molar-refractivity contribution in [2.45, 2.75) is 13.1 Å². The Kier molecular flexibility index (Phi) is 5.50. The second-order valence-electron chi connectivity index (χ2n) is 5.75. The van der Waals surface area contributed by atoms with Gasteiger partial charge in [0.15, 0.2) is 11.7 Å². The van der Waals surface area contributed by atoms with Crippen LogP contribution in [0.3, 0.4) is 0 Å². The number of fused-ring (bicyclic) bond motifs is 1. The van der Waals surface area contributed by atoms with E-state index in [2.05, 4.69) is 15.6 Å². The van der Waals surface area contributed by atoms with Crippen LogP contribution in [0.2, 0.25) is 0 Å². The summed E-state index contributed by atoms with van der Waals surface area (Å²) in [6, 6.07) is 9.40. The lowest BCUT2D eigenvalue weighted by Gasteiger charge is -2.09. The average molecular weight is 409 g/mol. The van der Waals surface area contributed by atoms with Gasteiger partial charge in [-0.25, -0.2) is 4.98 Å². The van der Waals surface area contributed by atoms with Gasteiger partial charge in [-0.3, -0.25) is 14.9 Å². The predicted molar refractivity (Wildman–Crippen MR) is 99.5 cm³/mol. The number of aromatic nitrogens is 1. The van der Waals surface area contributed by atoms with Crippen LogP contribution in [0.1, 0.15) is 12.5 Å². The van der Waals surface area contributed by atoms with Gasteiger partial charge in [-0.15, -0.1) is 0 Å². The van der Waals surface area contributed by atoms with Crippen molar-refractivity contribution in [3.05, 3.63) is 48.0 Å². The van der Waals surface area contributed by atoms with Crippen molar-refractivity contribution in [3.63, 3.8) is 0 Å². The van der Waals surface area contributed by atoms with Crippen LogP contribution in [-0.2, 0) is 15.8 Å². The molecule has 2 amide bonds. The molecule has 146 valence electrons. The van der Waals surface area contributed by atoms with E-state index in [-0.39, 0.29) is 11.7 Å². The molecule has 0 spiro atoms. The molecule has 0 aliphatic rings. The van der Waals surface area contributed by atoms with Gasteiger partial charge in [0.2, 0.25) is 5.91 Å². The first-order valence-electron chi connectivity index (χ1n) is 7.99. The second kappa shape index (κ2) is 7.85. The summed E-state index contributed by atoms with van der Waals surface area (Å²) in [5.74, 6) is -0.822. The van der Waals surface area contributed by atoms with Gasteiger partial charge in [-0.2, -0.15) is 13.2 Å². The quantitative estimate of drug-likeness (QED) is 0.659. The van der Waals surface area contributed by atoms with Gasteiger partial charge in [0.1, 0.15) is 5.75 Å². The van der Waals surface area contributed by atoms with Crippen molar-refractivity contribution in [2.24, 2.45) is 0 Å². The molecule has 0 saturated heterocycles. The lowest BCUT2D eigenvalue weighted by atomic mass is 10.2. The van der Waals surface area contributed by atoms with E-state index in [9.17, 15) is 22.8 Å². The summed E-state index contributed by atoms with van der Waals surface area (Å²) in [7, 11) is 0. The van der Waals surface area contributed by atoms with Crippen molar-refractivity contribution in [2.75, 3.05) is 17.2 Å². The number of hydrogen-bond donors (Lipinski definition) is 2. The molecule has 0 bridgehead atoms. The Hall–Kier alpha value is -3.14. The maximum Gasteiger partial charge on any atom is 0.416 e. The van der Waals surface area contributed by atoms with E-state index in [1.807, 2.05) is 0 Å². The van der Waals surface area contributed by atoms with Gasteiger partial charge < -0.3 is 10.1 Å². The van der Waals surface area contributed by atoms with E-state index in [1.165, 1.54) is 30.4 Å². The average Bonchev–Trinajstić information content (AvgIpc) is 3.00. The largest absolute Gasteiger partial charge is 0.484 e. The molecule has 2 aromatic carbocycles. The fourth-order valence-electron chi connectivity index (χ4n) is 2.33. The molecule has 0 fully saturated rings. The molecule has 3 aromatic rings. The number of alkyl halides is 3. The van der Waals surface area contributed by atoms with Crippen molar-refractivity contribution in [3.8, 4) is 5.75 Å². The highest BCUT2D eigenvalue weighted by atomic mass is 32.1. The zero-order valence-corrected chi connectivity index (χ0v) is 15.3. The van der Waals surface area contributed by atoms with E-state index < -0.39 is 24.3 Å². The molecule has 0 unspecified atom stereocenters. The summed E-state index contributed by atoms with van der Waals surface area (Å²) >= 11 is 1.20. The van der Waals surface area contributed by atoms with Crippen LogP contribution in [-0.4, -0.2) is 23.4 Å². The van der Waals surface area contributed by atoms with Gasteiger partial charge in [0.25, 0.3) is 5.91 Å². The highest BCUT2D eigenvalue weighted by Crippen LogP contribution is 2.31. The number of amides is 2. The molecule has 6 nitrogen and oxygen atoms in total. The summed E-state index contributed by atoms with van der Waals surface area (Å²) in [5.41, 5.74) is 0.383. The fraction of sp³-hybridized carbons (Fsp3) is 0.167. The molecule has 0 radical (unpaired) electrons. The standard InChI is InChI=1S/C18H14F3N3O3S/c1-10(25)22-12-5-6-14-15(8-12)28-17(23-14)24-16(26)9-27-13-4-2-3-11(7-13)18(19,20)21/h2-8H,9H2,1H3,(H,22,25)(H,23,24,26). The predicted octanol–water partition coefficient (Wildman–Crippen LogP) is 4.29. The van der Waals surface area contributed by atoms with Gasteiger partial charge in [-0.1, -0.05) is 17.4 Å². The van der Waals surface area contributed by atoms with Crippen LogP contribution in [0.5, 0.6) is 5.75 Å². The summed E-state index contributed by atoms with van der Waals surface area (Å²) in [5, 5.41) is 5.51. The van der Waals surface area contributed by atoms with Crippen molar-refractivity contribution in [1.29, 1.82) is 0 Å². The minimum atomic E-state index is -4.49. The number of carbonyl (C=O) groups excluding carboxylic acids is 2. The molecule has 1 heterocycles. The number of halogens is 3. The minimum absolute atomic E-state index is 0.0609. The minimum Gasteiger partial charge on any atom is -0.484 e. The summed E-state index contributed by atoms with van der Waals surface area (Å²) < 4.78 is 43.9. The third-order valence-electron chi connectivity index (χ3n) is 3.49. The summed E-state index contributed by atoms with van der Waals surface area (Å²) in [6.45, 7) is 0.932. The molecule has 1 aromatic heterocycles. The summed E-state index contributed by atoms with van der Waals surface area (Å²) in [6.07, 6.45) is -4.49. The number of anilines is 2. The van der Waals surface area contributed by atoms with Crippen LogP contribution in [0.15, 0.2) is 42.5 Å². The Bertz CT molecular complexity index is 1030. The molecular formula is C18H14F3N3O3S.